The summed E-state index contributed by atoms with van der Waals surface area (Å²) < 4.78 is 7.91. The lowest BCUT2D eigenvalue weighted by Crippen LogP contribution is -2.22. The average molecular weight is 348 g/mol. The Bertz CT molecular complexity index is 365. The van der Waals surface area contributed by atoms with E-state index in [1.807, 2.05) is 0 Å². The van der Waals surface area contributed by atoms with Gasteiger partial charge in [0.05, 0.1) is 6.61 Å². The Morgan fingerprint density at radius 3 is 2.44 bits per heavy atom. The summed E-state index contributed by atoms with van der Waals surface area (Å²) in [5.41, 5.74) is 1.03. The minimum atomic E-state index is -0.504. The lowest BCUT2D eigenvalue weighted by Gasteiger charge is -2.24. The van der Waals surface area contributed by atoms with Crippen molar-refractivity contribution < 1.29 is 4.74 Å². The van der Waals surface area contributed by atoms with Crippen molar-refractivity contribution in [1.29, 1.82) is 0 Å². The molecule has 0 aliphatic heterocycles. The number of hydrogen-bond acceptors (Lipinski definition) is 2. The first-order chi connectivity index (χ1) is 7.31. The third-order valence-electron chi connectivity index (χ3n) is 2.01. The lowest BCUT2D eigenvalue weighted by molar-refractivity contribution is 0.0834. The van der Waals surface area contributed by atoms with Gasteiger partial charge in [0.15, 0.2) is 0 Å². The van der Waals surface area contributed by atoms with E-state index in [2.05, 4.69) is 46.5 Å². The smallest absolute Gasteiger partial charge is 0.145 e. The maximum absolute atomic E-state index is 5.81. The molecular formula is C9H15B2IN2OS. The monoisotopic (exact) mass is 348 g/mol. The number of rotatable bonds is 5. The molecule has 0 unspecified atom stereocenters. The second kappa shape index (κ2) is 5.82. The van der Waals surface area contributed by atoms with Crippen molar-refractivity contribution in [2.45, 2.75) is 6.73 Å². The summed E-state index contributed by atoms with van der Waals surface area (Å²) in [6.45, 7) is 1.10. The van der Waals surface area contributed by atoms with Crippen molar-refractivity contribution in [2.75, 3.05) is 31.1 Å². The van der Waals surface area contributed by atoms with Gasteiger partial charge in [0.2, 0.25) is 0 Å². The van der Waals surface area contributed by atoms with Crippen LogP contribution in [0, 0.1) is 3.57 Å². The van der Waals surface area contributed by atoms with Gasteiger partial charge in [-0.3, -0.25) is 4.68 Å². The van der Waals surface area contributed by atoms with Gasteiger partial charge in [-0.05, 0) is 41.4 Å². The van der Waals surface area contributed by atoms with E-state index in [0.29, 0.717) is 17.9 Å². The highest BCUT2D eigenvalue weighted by Gasteiger charge is 2.08. The fraction of sp³-hybridized carbons (Fsp3) is 0.667. The number of halogens is 1. The van der Waals surface area contributed by atoms with Crippen LogP contribution in [-0.2, 0) is 11.5 Å². The largest absolute Gasteiger partial charge is 0.358 e. The van der Waals surface area contributed by atoms with Crippen molar-refractivity contribution in [3.05, 3.63) is 3.57 Å². The standard InChI is InChI=1S/C9H15B2IN2OS/c1-16(2,3)5-4-15-6-14-9(11)7(12)8(10)13-14/h4-6H2,1-3H3. The third kappa shape index (κ3) is 4.33. The van der Waals surface area contributed by atoms with E-state index < -0.39 is 10.0 Å². The summed E-state index contributed by atoms with van der Waals surface area (Å²) in [5.74, 6) is 1.08. The van der Waals surface area contributed by atoms with Gasteiger partial charge in [-0.15, -0.1) is 0 Å². The van der Waals surface area contributed by atoms with Gasteiger partial charge in [-0.25, -0.2) is 10.0 Å². The molecule has 0 aliphatic rings. The van der Waals surface area contributed by atoms with Gasteiger partial charge in [-0.1, -0.05) is 0 Å². The quantitative estimate of drug-likeness (QED) is 0.417. The fourth-order valence-corrected chi connectivity index (χ4v) is 2.03. The van der Waals surface area contributed by atoms with E-state index in [4.69, 9.17) is 20.4 Å². The third-order valence-corrected chi connectivity index (χ3v) is 4.51. The Labute approximate surface area is 115 Å². The molecular weight excluding hydrogens is 333 g/mol. The van der Waals surface area contributed by atoms with Gasteiger partial charge in [0, 0.05) is 20.5 Å². The van der Waals surface area contributed by atoms with Gasteiger partial charge in [-0.2, -0.15) is 5.10 Å². The SMILES string of the molecule is [B]c1nn(COCCS(C)(C)C)c([B])c1I. The second-order valence-corrected chi connectivity index (χ2v) is 10.1. The van der Waals surface area contributed by atoms with E-state index in [9.17, 15) is 0 Å². The Kier molecular flexibility index (Phi) is 5.25. The van der Waals surface area contributed by atoms with Gasteiger partial charge in [0.1, 0.15) is 22.4 Å². The Morgan fingerprint density at radius 2 is 2.00 bits per heavy atom. The van der Waals surface area contributed by atoms with Crippen molar-refractivity contribution >= 4 is 59.5 Å². The zero-order valence-electron chi connectivity index (χ0n) is 9.86. The summed E-state index contributed by atoms with van der Waals surface area (Å²) >= 11 is 2.08. The second-order valence-electron chi connectivity index (χ2n) is 4.42. The number of ether oxygens (including phenoxy) is 1. The minimum Gasteiger partial charge on any atom is -0.358 e. The van der Waals surface area contributed by atoms with Crippen LogP contribution in [0.25, 0.3) is 0 Å². The molecule has 0 amide bonds. The molecule has 0 saturated carbocycles. The summed E-state index contributed by atoms with van der Waals surface area (Å²) in [4.78, 5) is 0. The van der Waals surface area contributed by atoms with Gasteiger partial charge >= 0.3 is 0 Å². The minimum absolute atomic E-state index is 0.370. The van der Waals surface area contributed by atoms with E-state index in [1.165, 1.54) is 0 Å². The molecule has 0 fully saturated rings. The first-order valence-electron chi connectivity index (χ1n) is 4.82. The molecule has 4 radical (unpaired) electrons. The van der Waals surface area contributed by atoms with Crippen molar-refractivity contribution in [3.8, 4) is 0 Å². The van der Waals surface area contributed by atoms with Crippen molar-refractivity contribution in [2.24, 2.45) is 0 Å². The number of aromatic nitrogens is 2. The summed E-state index contributed by atoms with van der Waals surface area (Å²) in [6.07, 6.45) is 6.79. The average Bonchev–Trinajstić information content (AvgIpc) is 2.40. The zero-order chi connectivity index (χ0) is 12.3. The molecule has 0 aliphatic carbocycles. The molecule has 1 aromatic heterocycles. The van der Waals surface area contributed by atoms with Crippen LogP contribution in [0.1, 0.15) is 0 Å². The molecule has 0 atom stereocenters. The normalized spacial score (nSPS) is 13.0. The highest BCUT2D eigenvalue weighted by atomic mass is 127. The predicted molar refractivity (Wildman–Crippen MR) is 81.9 cm³/mol. The van der Waals surface area contributed by atoms with Gasteiger partial charge < -0.3 is 4.74 Å². The number of nitrogens with zero attached hydrogens (tertiary/aromatic N) is 2. The molecule has 86 valence electrons. The van der Waals surface area contributed by atoms with Crippen LogP contribution in [0.3, 0.4) is 0 Å². The van der Waals surface area contributed by atoms with Gasteiger partial charge in [0.25, 0.3) is 0 Å². The van der Waals surface area contributed by atoms with Crippen molar-refractivity contribution in [3.63, 3.8) is 0 Å². The Morgan fingerprint density at radius 1 is 1.38 bits per heavy atom. The fourth-order valence-electron chi connectivity index (χ4n) is 1.03. The van der Waals surface area contributed by atoms with Crippen LogP contribution in [0.4, 0.5) is 0 Å². The summed E-state index contributed by atoms with van der Waals surface area (Å²) in [5, 5.41) is 4.09. The van der Waals surface area contributed by atoms with Crippen LogP contribution < -0.4 is 11.2 Å². The number of hydrogen-bond donors (Lipinski definition) is 0. The zero-order valence-corrected chi connectivity index (χ0v) is 12.8. The predicted octanol–water partition coefficient (Wildman–Crippen LogP) is -0.257. The molecule has 0 spiro atoms. The highest BCUT2D eigenvalue weighted by molar-refractivity contribution is 14.1. The maximum atomic E-state index is 5.81. The summed E-state index contributed by atoms with van der Waals surface area (Å²) in [7, 11) is 10.9. The molecule has 1 rings (SSSR count). The van der Waals surface area contributed by atoms with E-state index in [0.717, 1.165) is 15.9 Å². The lowest BCUT2D eigenvalue weighted by atomic mass is 9.99. The molecule has 1 aromatic rings. The first-order valence-corrected chi connectivity index (χ1v) is 8.93. The Hall–Kier alpha value is 0.380. The van der Waals surface area contributed by atoms with Crippen LogP contribution in [0.2, 0.25) is 0 Å². The maximum Gasteiger partial charge on any atom is 0.145 e. The van der Waals surface area contributed by atoms with E-state index >= 15 is 0 Å². The topological polar surface area (TPSA) is 27.1 Å². The Balaban J connectivity index is 2.41. The molecule has 0 bridgehead atoms. The van der Waals surface area contributed by atoms with E-state index in [1.54, 1.807) is 4.68 Å². The molecule has 0 N–H and O–H groups in total. The molecule has 1 heterocycles. The molecule has 3 nitrogen and oxygen atoms in total. The van der Waals surface area contributed by atoms with Crippen LogP contribution in [0.5, 0.6) is 0 Å². The molecule has 7 heteroatoms. The molecule has 0 aromatic carbocycles. The van der Waals surface area contributed by atoms with E-state index in [-0.39, 0.29) is 0 Å². The van der Waals surface area contributed by atoms with Crippen LogP contribution >= 0.6 is 32.6 Å². The summed E-state index contributed by atoms with van der Waals surface area (Å²) in [6, 6.07) is 0. The van der Waals surface area contributed by atoms with Crippen LogP contribution in [-0.4, -0.2) is 56.6 Å². The van der Waals surface area contributed by atoms with Crippen LogP contribution in [0.15, 0.2) is 0 Å². The highest BCUT2D eigenvalue weighted by Crippen LogP contribution is 2.33. The molecule has 0 saturated heterocycles. The first kappa shape index (κ1) is 14.4. The van der Waals surface area contributed by atoms with Crippen molar-refractivity contribution in [1.82, 2.24) is 9.78 Å². The molecule has 16 heavy (non-hydrogen) atoms.